The molecule has 0 radical (unpaired) electrons. The Morgan fingerprint density at radius 1 is 1.33 bits per heavy atom. The fourth-order valence-corrected chi connectivity index (χ4v) is 2.23. The molecular weight excluding hydrogens is 194 g/mol. The van der Waals surface area contributed by atoms with E-state index in [1.54, 1.807) is 0 Å². The summed E-state index contributed by atoms with van der Waals surface area (Å²) in [6.07, 6.45) is -0.990. The molecule has 1 fully saturated rings. The monoisotopic (exact) mass is 215 g/mol. The molecule has 0 amide bonds. The summed E-state index contributed by atoms with van der Waals surface area (Å²) < 4.78 is 0. The average Bonchev–Trinajstić information content (AvgIpc) is 2.38. The van der Waals surface area contributed by atoms with Crippen molar-refractivity contribution in [3.63, 3.8) is 0 Å². The van der Waals surface area contributed by atoms with Gasteiger partial charge in [0.1, 0.15) is 0 Å². The van der Waals surface area contributed by atoms with Gasteiger partial charge in [-0.05, 0) is 10.8 Å². The fourth-order valence-electron chi connectivity index (χ4n) is 2.23. The maximum atomic E-state index is 10.3. The van der Waals surface area contributed by atoms with E-state index in [2.05, 4.69) is 33.0 Å². The highest BCUT2D eigenvalue weighted by Crippen LogP contribution is 2.62. The Labute approximate surface area is 90.7 Å². The first-order valence-corrected chi connectivity index (χ1v) is 5.33. The van der Waals surface area contributed by atoms with Crippen molar-refractivity contribution >= 4 is 5.97 Å². The van der Waals surface area contributed by atoms with Crippen LogP contribution in [0.2, 0.25) is 0 Å². The number of carbonyl (C=O) groups is 1. The Morgan fingerprint density at radius 3 is 2.13 bits per heavy atom. The molecular formula is C11H21NO3. The van der Waals surface area contributed by atoms with Gasteiger partial charge in [0.05, 0.1) is 12.5 Å². The van der Waals surface area contributed by atoms with Gasteiger partial charge in [-0.15, -0.1) is 0 Å². The van der Waals surface area contributed by atoms with Gasteiger partial charge in [-0.1, -0.05) is 27.7 Å². The molecule has 88 valence electrons. The molecule has 1 atom stereocenters. The van der Waals surface area contributed by atoms with Gasteiger partial charge >= 0.3 is 5.97 Å². The van der Waals surface area contributed by atoms with Crippen LogP contribution < -0.4 is 5.32 Å². The van der Waals surface area contributed by atoms with Crippen LogP contribution in [0.5, 0.6) is 0 Å². The van der Waals surface area contributed by atoms with E-state index >= 15 is 0 Å². The standard InChI is InChI=1S/C11H21NO3/c1-10(2)9(11(10,3)4)12-6-7(13)5-8(14)15/h7,9,12-13H,5-6H2,1-4H3,(H,14,15). The van der Waals surface area contributed by atoms with E-state index in [0.29, 0.717) is 12.6 Å². The van der Waals surface area contributed by atoms with Crippen molar-refractivity contribution < 1.29 is 15.0 Å². The number of nitrogens with one attached hydrogen (secondary N) is 1. The van der Waals surface area contributed by atoms with Gasteiger partial charge in [0, 0.05) is 12.6 Å². The SMILES string of the molecule is CC1(C)C(NCC(O)CC(=O)O)C1(C)C. The summed E-state index contributed by atoms with van der Waals surface area (Å²) in [6.45, 7) is 9.05. The number of aliphatic carboxylic acids is 1. The molecule has 1 rings (SSSR count). The molecule has 1 aliphatic rings. The van der Waals surface area contributed by atoms with E-state index in [9.17, 15) is 9.90 Å². The smallest absolute Gasteiger partial charge is 0.306 e. The van der Waals surface area contributed by atoms with Gasteiger partial charge in [0.15, 0.2) is 0 Å². The second-order valence-corrected chi connectivity index (χ2v) is 5.54. The van der Waals surface area contributed by atoms with Crippen LogP contribution in [-0.2, 0) is 4.79 Å². The van der Waals surface area contributed by atoms with Crippen molar-refractivity contribution in [1.82, 2.24) is 5.32 Å². The Bertz CT molecular complexity index is 247. The van der Waals surface area contributed by atoms with Crippen molar-refractivity contribution in [2.75, 3.05) is 6.54 Å². The van der Waals surface area contributed by atoms with Gasteiger partial charge in [-0.2, -0.15) is 0 Å². The van der Waals surface area contributed by atoms with E-state index in [1.807, 2.05) is 0 Å². The molecule has 15 heavy (non-hydrogen) atoms. The Hall–Kier alpha value is -0.610. The Kier molecular flexibility index (Phi) is 3.12. The summed E-state index contributed by atoms with van der Waals surface area (Å²) in [7, 11) is 0. The predicted molar refractivity (Wildman–Crippen MR) is 57.6 cm³/mol. The van der Waals surface area contributed by atoms with Crippen LogP contribution in [-0.4, -0.2) is 34.9 Å². The average molecular weight is 215 g/mol. The molecule has 0 aromatic rings. The molecule has 0 aromatic carbocycles. The lowest BCUT2D eigenvalue weighted by molar-refractivity contribution is -0.139. The third-order valence-electron chi connectivity index (χ3n) is 3.99. The fraction of sp³-hybridized carbons (Fsp3) is 0.909. The highest BCUT2D eigenvalue weighted by molar-refractivity contribution is 5.67. The van der Waals surface area contributed by atoms with Crippen LogP contribution in [0.1, 0.15) is 34.1 Å². The molecule has 4 nitrogen and oxygen atoms in total. The molecule has 0 bridgehead atoms. The van der Waals surface area contributed by atoms with Crippen molar-refractivity contribution in [2.45, 2.75) is 46.3 Å². The number of rotatable bonds is 5. The summed E-state index contributed by atoms with van der Waals surface area (Å²) in [4.78, 5) is 10.3. The van der Waals surface area contributed by atoms with E-state index in [4.69, 9.17) is 5.11 Å². The minimum absolute atomic E-state index is 0.194. The van der Waals surface area contributed by atoms with Crippen LogP contribution in [0.15, 0.2) is 0 Å². The quantitative estimate of drug-likeness (QED) is 0.636. The molecule has 0 spiro atoms. The summed E-state index contributed by atoms with van der Waals surface area (Å²) in [5, 5.41) is 21.1. The molecule has 3 N–H and O–H groups in total. The Morgan fingerprint density at radius 2 is 1.80 bits per heavy atom. The van der Waals surface area contributed by atoms with Gasteiger partial charge in [0.25, 0.3) is 0 Å². The maximum Gasteiger partial charge on any atom is 0.306 e. The second-order valence-electron chi connectivity index (χ2n) is 5.54. The van der Waals surface area contributed by atoms with Gasteiger partial charge in [0.2, 0.25) is 0 Å². The molecule has 1 aliphatic carbocycles. The first-order valence-electron chi connectivity index (χ1n) is 5.33. The van der Waals surface area contributed by atoms with Crippen molar-refractivity contribution in [3.8, 4) is 0 Å². The van der Waals surface area contributed by atoms with Gasteiger partial charge < -0.3 is 15.5 Å². The third kappa shape index (κ3) is 2.32. The van der Waals surface area contributed by atoms with E-state index in [1.165, 1.54) is 0 Å². The molecule has 1 saturated carbocycles. The number of hydrogen-bond donors (Lipinski definition) is 3. The van der Waals surface area contributed by atoms with Crippen LogP contribution in [0.25, 0.3) is 0 Å². The largest absolute Gasteiger partial charge is 0.481 e. The number of carboxylic acid groups (broad SMARTS) is 1. The predicted octanol–water partition coefficient (Wildman–Crippen LogP) is 0.846. The molecule has 4 heteroatoms. The molecule has 1 unspecified atom stereocenters. The molecule has 0 saturated heterocycles. The molecule has 0 heterocycles. The van der Waals surface area contributed by atoms with Crippen LogP contribution in [0, 0.1) is 10.8 Å². The number of aliphatic hydroxyl groups excluding tert-OH is 1. The van der Waals surface area contributed by atoms with Crippen molar-refractivity contribution in [1.29, 1.82) is 0 Å². The van der Waals surface area contributed by atoms with Crippen LogP contribution >= 0.6 is 0 Å². The first kappa shape index (κ1) is 12.5. The lowest BCUT2D eigenvalue weighted by atomic mass is 10.0. The highest BCUT2D eigenvalue weighted by Gasteiger charge is 2.64. The van der Waals surface area contributed by atoms with Gasteiger partial charge in [-0.3, -0.25) is 4.79 Å². The molecule has 0 aliphatic heterocycles. The first-order chi connectivity index (χ1) is 6.69. The zero-order chi connectivity index (χ0) is 11.9. The van der Waals surface area contributed by atoms with E-state index < -0.39 is 12.1 Å². The minimum Gasteiger partial charge on any atom is -0.481 e. The highest BCUT2D eigenvalue weighted by atomic mass is 16.4. The lowest BCUT2D eigenvalue weighted by Crippen LogP contribution is -2.32. The van der Waals surface area contributed by atoms with Crippen LogP contribution in [0.4, 0.5) is 0 Å². The topological polar surface area (TPSA) is 69.6 Å². The normalized spacial score (nSPS) is 24.9. The zero-order valence-corrected chi connectivity index (χ0v) is 9.87. The summed E-state index contributed by atoms with van der Waals surface area (Å²) in [6, 6.07) is 0.355. The number of aliphatic hydroxyl groups is 1. The Balaban J connectivity index is 2.31. The summed E-state index contributed by atoms with van der Waals surface area (Å²) in [5.41, 5.74) is 0.436. The second kappa shape index (κ2) is 3.76. The van der Waals surface area contributed by atoms with Crippen molar-refractivity contribution in [2.24, 2.45) is 10.8 Å². The van der Waals surface area contributed by atoms with Crippen LogP contribution in [0.3, 0.4) is 0 Å². The molecule has 0 aromatic heterocycles. The summed E-state index contributed by atoms with van der Waals surface area (Å²) in [5.74, 6) is -0.960. The number of carboxylic acids is 1. The maximum absolute atomic E-state index is 10.3. The minimum atomic E-state index is -0.960. The zero-order valence-electron chi connectivity index (χ0n) is 9.87. The lowest BCUT2D eigenvalue weighted by Gasteiger charge is -2.10. The van der Waals surface area contributed by atoms with Gasteiger partial charge in [-0.25, -0.2) is 0 Å². The third-order valence-corrected chi connectivity index (χ3v) is 3.99. The van der Waals surface area contributed by atoms with E-state index in [0.717, 1.165) is 0 Å². The summed E-state index contributed by atoms with van der Waals surface area (Å²) >= 11 is 0. The number of hydrogen-bond acceptors (Lipinski definition) is 3. The van der Waals surface area contributed by atoms with E-state index in [-0.39, 0.29) is 17.3 Å². The van der Waals surface area contributed by atoms with Crippen molar-refractivity contribution in [3.05, 3.63) is 0 Å².